The maximum Gasteiger partial charge on any atom is 0.263 e. The minimum atomic E-state index is -0.0629. The van der Waals surface area contributed by atoms with Crippen molar-refractivity contribution in [3.05, 3.63) is 39.4 Å². The van der Waals surface area contributed by atoms with Crippen LogP contribution in [0.5, 0.6) is 0 Å². The van der Waals surface area contributed by atoms with Gasteiger partial charge >= 0.3 is 0 Å². The topological polar surface area (TPSA) is 46.9 Å². The van der Waals surface area contributed by atoms with Crippen LogP contribution in [-0.4, -0.2) is 16.6 Å². The lowest BCUT2D eigenvalue weighted by atomic mass is 10.1. The van der Waals surface area contributed by atoms with Crippen LogP contribution in [0.2, 0.25) is 5.02 Å². The Morgan fingerprint density at radius 1 is 1.40 bits per heavy atom. The van der Waals surface area contributed by atoms with Crippen molar-refractivity contribution in [3.8, 4) is 0 Å². The van der Waals surface area contributed by atoms with Crippen LogP contribution < -0.4 is 10.9 Å². The van der Waals surface area contributed by atoms with Gasteiger partial charge in [0.1, 0.15) is 5.82 Å². The van der Waals surface area contributed by atoms with Gasteiger partial charge in [0.15, 0.2) is 0 Å². The largest absolute Gasteiger partial charge is 0.311 e. The first-order chi connectivity index (χ1) is 9.51. The van der Waals surface area contributed by atoms with Crippen molar-refractivity contribution in [1.29, 1.82) is 0 Å². The number of hydrogen-bond donors (Lipinski definition) is 1. The Bertz CT molecular complexity index is 681. The van der Waals surface area contributed by atoms with E-state index in [2.05, 4.69) is 17.2 Å². The number of halogens is 1. The number of nitrogens with zero attached hydrogens (tertiary/aromatic N) is 2. The molecule has 2 aromatic rings. The lowest BCUT2D eigenvalue weighted by Crippen LogP contribution is -2.32. The van der Waals surface area contributed by atoms with Crippen LogP contribution in [0.1, 0.15) is 45.1 Å². The van der Waals surface area contributed by atoms with Crippen molar-refractivity contribution in [1.82, 2.24) is 14.9 Å². The molecule has 0 aliphatic rings. The van der Waals surface area contributed by atoms with Gasteiger partial charge in [0.25, 0.3) is 5.56 Å². The Kier molecular flexibility index (Phi) is 4.45. The standard InChI is InChI=1S/C15H20ClN3O/c1-5-9(2)19-14(10(3)17-4)18-12-8-6-7-11(16)13(12)15(19)20/h6-10,17H,5H2,1-4H3. The molecule has 1 aromatic heterocycles. The molecule has 5 heteroatoms. The molecule has 0 radical (unpaired) electrons. The van der Waals surface area contributed by atoms with E-state index in [1.165, 1.54) is 0 Å². The predicted molar refractivity (Wildman–Crippen MR) is 83.5 cm³/mol. The molecule has 0 aliphatic carbocycles. The van der Waals surface area contributed by atoms with Gasteiger partial charge in [-0.1, -0.05) is 24.6 Å². The van der Waals surface area contributed by atoms with E-state index in [4.69, 9.17) is 11.6 Å². The predicted octanol–water partition coefficient (Wildman–Crippen LogP) is 3.30. The van der Waals surface area contributed by atoms with E-state index in [0.29, 0.717) is 15.9 Å². The summed E-state index contributed by atoms with van der Waals surface area (Å²) >= 11 is 6.18. The average Bonchev–Trinajstić information content (AvgIpc) is 2.45. The maximum absolute atomic E-state index is 12.8. The molecule has 0 spiro atoms. The molecule has 4 nitrogen and oxygen atoms in total. The fourth-order valence-corrected chi connectivity index (χ4v) is 2.51. The number of rotatable bonds is 4. The van der Waals surface area contributed by atoms with Crippen molar-refractivity contribution in [3.63, 3.8) is 0 Å². The van der Waals surface area contributed by atoms with E-state index in [1.54, 1.807) is 10.6 Å². The Hall–Kier alpha value is -1.39. The molecule has 2 unspecified atom stereocenters. The first kappa shape index (κ1) is 15.0. The second-order valence-electron chi connectivity index (χ2n) is 5.05. The second-order valence-corrected chi connectivity index (χ2v) is 5.45. The summed E-state index contributed by atoms with van der Waals surface area (Å²) in [5, 5.41) is 4.11. The van der Waals surface area contributed by atoms with Crippen molar-refractivity contribution in [2.75, 3.05) is 7.05 Å². The van der Waals surface area contributed by atoms with Gasteiger partial charge in [-0.3, -0.25) is 9.36 Å². The molecule has 108 valence electrons. The Balaban J connectivity index is 2.87. The van der Waals surface area contributed by atoms with E-state index in [9.17, 15) is 4.79 Å². The first-order valence-electron chi connectivity index (χ1n) is 6.89. The monoisotopic (exact) mass is 293 g/mol. The van der Waals surface area contributed by atoms with Crippen LogP contribution in [0.25, 0.3) is 10.9 Å². The number of benzene rings is 1. The van der Waals surface area contributed by atoms with Crippen LogP contribution >= 0.6 is 11.6 Å². The Morgan fingerprint density at radius 2 is 2.10 bits per heavy atom. The third kappa shape index (κ3) is 2.45. The van der Waals surface area contributed by atoms with Gasteiger partial charge in [-0.2, -0.15) is 0 Å². The highest BCUT2D eigenvalue weighted by atomic mass is 35.5. The minimum absolute atomic E-state index is 0.0000756. The van der Waals surface area contributed by atoms with Crippen molar-refractivity contribution < 1.29 is 0 Å². The molecule has 1 N–H and O–H groups in total. The molecule has 20 heavy (non-hydrogen) atoms. The number of hydrogen-bond acceptors (Lipinski definition) is 3. The first-order valence-corrected chi connectivity index (χ1v) is 7.27. The summed E-state index contributed by atoms with van der Waals surface area (Å²) in [7, 11) is 1.86. The maximum atomic E-state index is 12.8. The van der Waals surface area contributed by atoms with Crippen molar-refractivity contribution in [2.24, 2.45) is 0 Å². The SMILES string of the molecule is CCC(C)n1c(C(C)NC)nc2cccc(Cl)c2c1=O. The molecule has 2 atom stereocenters. The van der Waals surface area contributed by atoms with Crippen molar-refractivity contribution in [2.45, 2.75) is 39.3 Å². The number of nitrogens with one attached hydrogen (secondary N) is 1. The highest BCUT2D eigenvalue weighted by molar-refractivity contribution is 6.35. The molecule has 0 fully saturated rings. The fraction of sp³-hybridized carbons (Fsp3) is 0.467. The molecular weight excluding hydrogens is 274 g/mol. The van der Waals surface area contributed by atoms with E-state index >= 15 is 0 Å². The van der Waals surface area contributed by atoms with Gasteiger partial charge in [0.2, 0.25) is 0 Å². The van der Waals surface area contributed by atoms with Gasteiger partial charge in [-0.25, -0.2) is 4.98 Å². The summed E-state index contributed by atoms with van der Waals surface area (Å²) < 4.78 is 1.76. The Morgan fingerprint density at radius 3 is 2.70 bits per heavy atom. The second kappa shape index (κ2) is 5.94. The van der Waals surface area contributed by atoms with Gasteiger partial charge < -0.3 is 5.32 Å². The quantitative estimate of drug-likeness (QED) is 0.941. The molecule has 0 amide bonds. The molecule has 0 bridgehead atoms. The summed E-state index contributed by atoms with van der Waals surface area (Å²) in [6.07, 6.45) is 0.862. The van der Waals surface area contributed by atoms with E-state index in [0.717, 1.165) is 12.2 Å². The number of fused-ring (bicyclic) bond motifs is 1. The summed E-state index contributed by atoms with van der Waals surface area (Å²) in [5.74, 6) is 0.751. The minimum Gasteiger partial charge on any atom is -0.311 e. The van der Waals surface area contributed by atoms with Crippen LogP contribution in [0.15, 0.2) is 23.0 Å². The molecule has 2 rings (SSSR count). The molecule has 0 saturated carbocycles. The van der Waals surface area contributed by atoms with E-state index in [1.807, 2.05) is 33.0 Å². The summed E-state index contributed by atoms with van der Waals surface area (Å²) in [6.45, 7) is 6.08. The summed E-state index contributed by atoms with van der Waals surface area (Å²) in [6, 6.07) is 5.46. The highest BCUT2D eigenvalue weighted by Crippen LogP contribution is 2.23. The third-order valence-corrected chi connectivity index (χ3v) is 4.07. The van der Waals surface area contributed by atoms with Crippen LogP contribution in [-0.2, 0) is 0 Å². The van der Waals surface area contributed by atoms with Gasteiger partial charge in [0, 0.05) is 6.04 Å². The summed E-state index contributed by atoms with van der Waals surface area (Å²) in [4.78, 5) is 17.5. The third-order valence-electron chi connectivity index (χ3n) is 3.76. The average molecular weight is 294 g/mol. The molecule has 1 heterocycles. The number of aromatic nitrogens is 2. The van der Waals surface area contributed by atoms with Crippen LogP contribution in [0.4, 0.5) is 0 Å². The van der Waals surface area contributed by atoms with E-state index in [-0.39, 0.29) is 17.6 Å². The molecule has 0 saturated heterocycles. The van der Waals surface area contributed by atoms with Gasteiger partial charge in [0.05, 0.1) is 22.0 Å². The lowest BCUT2D eigenvalue weighted by molar-refractivity contribution is 0.454. The highest BCUT2D eigenvalue weighted by Gasteiger charge is 2.19. The van der Waals surface area contributed by atoms with Crippen LogP contribution in [0, 0.1) is 0 Å². The van der Waals surface area contributed by atoms with Gasteiger partial charge in [-0.05, 0) is 39.4 Å². The molecule has 0 aliphatic heterocycles. The van der Waals surface area contributed by atoms with Crippen LogP contribution in [0.3, 0.4) is 0 Å². The molecular formula is C15H20ClN3O. The zero-order valence-corrected chi connectivity index (χ0v) is 13.0. The smallest absolute Gasteiger partial charge is 0.263 e. The summed E-state index contributed by atoms with van der Waals surface area (Å²) in [5.41, 5.74) is 0.589. The zero-order valence-electron chi connectivity index (χ0n) is 12.3. The van der Waals surface area contributed by atoms with Crippen molar-refractivity contribution >= 4 is 22.5 Å². The zero-order chi connectivity index (χ0) is 14.9. The molecule has 1 aromatic carbocycles. The van der Waals surface area contributed by atoms with E-state index < -0.39 is 0 Å². The van der Waals surface area contributed by atoms with Gasteiger partial charge in [-0.15, -0.1) is 0 Å². The Labute approximate surface area is 123 Å². The fourth-order valence-electron chi connectivity index (χ4n) is 2.26. The normalized spacial score (nSPS) is 14.4. The lowest BCUT2D eigenvalue weighted by Gasteiger charge is -2.22.